The van der Waals surface area contributed by atoms with Gasteiger partial charge in [-0.1, -0.05) is 25.5 Å². The van der Waals surface area contributed by atoms with Gasteiger partial charge in [-0.2, -0.15) is 0 Å². The highest BCUT2D eigenvalue weighted by molar-refractivity contribution is 5.65. The van der Waals surface area contributed by atoms with Crippen LogP contribution >= 0.6 is 0 Å². The molecule has 0 aromatic carbocycles. The molecule has 2 nitrogen and oxygen atoms in total. The molecule has 0 aromatic rings. The number of esters is 1. The smallest absolute Gasteiger partial charge is 0.302 e. The van der Waals surface area contributed by atoms with E-state index in [1.807, 2.05) is 0 Å². The van der Waals surface area contributed by atoms with E-state index in [1.165, 1.54) is 25.3 Å². The van der Waals surface area contributed by atoms with E-state index in [1.54, 1.807) is 0 Å². The summed E-state index contributed by atoms with van der Waals surface area (Å²) in [5, 5.41) is 0. The summed E-state index contributed by atoms with van der Waals surface area (Å²) >= 11 is 0. The van der Waals surface area contributed by atoms with Gasteiger partial charge in [-0.05, 0) is 12.8 Å². The van der Waals surface area contributed by atoms with E-state index in [9.17, 15) is 4.79 Å². The van der Waals surface area contributed by atoms with E-state index in [0.29, 0.717) is 6.61 Å². The fraction of sp³-hybridized carbons (Fsp3) is 0.700. The average Bonchev–Trinajstić information content (AvgIpc) is 2.00. The third-order valence-corrected chi connectivity index (χ3v) is 1.64. The molecule has 0 spiro atoms. The predicted octanol–water partition coefficient (Wildman–Crippen LogP) is 2.69. The Morgan fingerprint density at radius 1 is 1.42 bits per heavy atom. The lowest BCUT2D eigenvalue weighted by Gasteiger charge is -2.04. The molecule has 0 aliphatic carbocycles. The van der Waals surface area contributed by atoms with Crippen molar-refractivity contribution in [3.05, 3.63) is 12.2 Å². The summed E-state index contributed by atoms with van der Waals surface area (Å²) in [4.78, 5) is 10.4. The van der Waals surface area contributed by atoms with Crippen molar-refractivity contribution in [2.75, 3.05) is 6.61 Å². The van der Waals surface area contributed by atoms with Crippen LogP contribution < -0.4 is 0 Å². The highest BCUT2D eigenvalue weighted by Gasteiger charge is 1.96. The predicted molar refractivity (Wildman–Crippen MR) is 49.9 cm³/mol. The van der Waals surface area contributed by atoms with Crippen LogP contribution in [0.5, 0.6) is 0 Å². The highest BCUT2D eigenvalue weighted by atomic mass is 16.5. The van der Waals surface area contributed by atoms with Crippen LogP contribution in [0, 0.1) is 0 Å². The number of hydrogen-bond acceptors (Lipinski definition) is 2. The zero-order valence-corrected chi connectivity index (χ0v) is 8.06. The highest BCUT2D eigenvalue weighted by Crippen LogP contribution is 2.08. The van der Waals surface area contributed by atoms with Gasteiger partial charge in [0.05, 0.1) is 6.61 Å². The van der Waals surface area contributed by atoms with Crippen LogP contribution in [0.15, 0.2) is 12.2 Å². The molecule has 0 atom stereocenters. The minimum absolute atomic E-state index is 0.210. The van der Waals surface area contributed by atoms with Gasteiger partial charge in [0.15, 0.2) is 0 Å². The van der Waals surface area contributed by atoms with Crippen LogP contribution in [0.2, 0.25) is 0 Å². The monoisotopic (exact) mass is 170 g/mol. The quantitative estimate of drug-likeness (QED) is 0.452. The molecule has 0 fully saturated rings. The van der Waals surface area contributed by atoms with E-state index < -0.39 is 0 Å². The summed E-state index contributed by atoms with van der Waals surface area (Å²) in [5.41, 5.74) is 1.18. The first-order valence-corrected chi connectivity index (χ1v) is 4.46. The van der Waals surface area contributed by atoms with Crippen LogP contribution in [-0.2, 0) is 9.53 Å². The van der Waals surface area contributed by atoms with E-state index in [0.717, 1.165) is 12.8 Å². The summed E-state index contributed by atoms with van der Waals surface area (Å²) in [5.74, 6) is -0.210. The van der Waals surface area contributed by atoms with E-state index in [-0.39, 0.29) is 5.97 Å². The molecule has 0 unspecified atom stereocenters. The van der Waals surface area contributed by atoms with Gasteiger partial charge in [-0.15, -0.1) is 0 Å². The van der Waals surface area contributed by atoms with Crippen LogP contribution in [0.4, 0.5) is 0 Å². The Hall–Kier alpha value is -0.790. The van der Waals surface area contributed by atoms with E-state index >= 15 is 0 Å². The molecule has 0 heterocycles. The van der Waals surface area contributed by atoms with Crippen LogP contribution in [0.3, 0.4) is 0 Å². The molecule has 70 valence electrons. The molecule has 2 heteroatoms. The third-order valence-electron chi connectivity index (χ3n) is 1.64. The number of carbonyl (C=O) groups excluding carboxylic acids is 1. The normalized spacial score (nSPS) is 9.50. The number of rotatable bonds is 6. The first kappa shape index (κ1) is 11.2. The second-order valence-corrected chi connectivity index (χ2v) is 2.94. The van der Waals surface area contributed by atoms with Crippen LogP contribution in [-0.4, -0.2) is 12.6 Å². The number of hydrogen-bond donors (Lipinski definition) is 0. The van der Waals surface area contributed by atoms with Gasteiger partial charge in [-0.3, -0.25) is 4.79 Å². The van der Waals surface area contributed by atoms with E-state index in [2.05, 4.69) is 13.5 Å². The topological polar surface area (TPSA) is 26.3 Å². The first-order chi connectivity index (χ1) is 5.66. The Bertz CT molecular complexity index is 150. The second-order valence-electron chi connectivity index (χ2n) is 2.94. The molecule has 0 aliphatic heterocycles. The van der Waals surface area contributed by atoms with Gasteiger partial charge < -0.3 is 4.74 Å². The lowest BCUT2D eigenvalue weighted by Crippen LogP contribution is -2.01. The minimum atomic E-state index is -0.210. The van der Waals surface area contributed by atoms with Crippen molar-refractivity contribution in [2.45, 2.75) is 39.5 Å². The van der Waals surface area contributed by atoms with Crippen molar-refractivity contribution in [3.63, 3.8) is 0 Å². The SMILES string of the molecule is C=C(CCCC)CCOC(C)=O. The Morgan fingerprint density at radius 2 is 2.08 bits per heavy atom. The largest absolute Gasteiger partial charge is 0.466 e. The molecule has 0 bridgehead atoms. The molecular formula is C10H18O2. The lowest BCUT2D eigenvalue weighted by atomic mass is 10.1. The zero-order chi connectivity index (χ0) is 9.40. The maximum absolute atomic E-state index is 10.4. The molecule has 0 saturated heterocycles. The molecule has 0 saturated carbocycles. The molecule has 0 aromatic heterocycles. The van der Waals surface area contributed by atoms with Gasteiger partial charge in [0.1, 0.15) is 0 Å². The summed E-state index contributed by atoms with van der Waals surface area (Å²) in [6.45, 7) is 7.96. The Labute approximate surface area is 74.6 Å². The first-order valence-electron chi connectivity index (χ1n) is 4.46. The molecule has 0 radical (unpaired) electrons. The van der Waals surface area contributed by atoms with Gasteiger partial charge in [0, 0.05) is 13.3 Å². The zero-order valence-electron chi connectivity index (χ0n) is 8.06. The Morgan fingerprint density at radius 3 is 2.58 bits per heavy atom. The number of unbranched alkanes of at least 4 members (excludes halogenated alkanes) is 1. The molecule has 0 rings (SSSR count). The summed E-state index contributed by atoms with van der Waals surface area (Å²) in [6, 6.07) is 0. The molecule has 12 heavy (non-hydrogen) atoms. The van der Waals surface area contributed by atoms with Gasteiger partial charge in [-0.25, -0.2) is 0 Å². The van der Waals surface area contributed by atoms with Gasteiger partial charge >= 0.3 is 5.97 Å². The van der Waals surface area contributed by atoms with Crippen LogP contribution in [0.1, 0.15) is 39.5 Å². The second kappa shape index (κ2) is 6.89. The summed E-state index contributed by atoms with van der Waals surface area (Å²) < 4.78 is 4.79. The number of carbonyl (C=O) groups is 1. The van der Waals surface area contributed by atoms with Crippen molar-refractivity contribution in [2.24, 2.45) is 0 Å². The standard InChI is InChI=1S/C10H18O2/c1-4-5-6-9(2)7-8-12-10(3)11/h2,4-8H2,1,3H3. The molecule has 0 N–H and O–H groups in total. The molecule has 0 aliphatic rings. The van der Waals surface area contributed by atoms with Gasteiger partial charge in [0.2, 0.25) is 0 Å². The van der Waals surface area contributed by atoms with Crippen molar-refractivity contribution in [3.8, 4) is 0 Å². The maximum Gasteiger partial charge on any atom is 0.302 e. The Kier molecular flexibility index (Phi) is 6.44. The fourth-order valence-corrected chi connectivity index (χ4v) is 0.891. The van der Waals surface area contributed by atoms with E-state index in [4.69, 9.17) is 4.74 Å². The summed E-state index contributed by atoms with van der Waals surface area (Å²) in [7, 11) is 0. The average molecular weight is 170 g/mol. The molecular weight excluding hydrogens is 152 g/mol. The maximum atomic E-state index is 10.4. The van der Waals surface area contributed by atoms with Gasteiger partial charge in [0.25, 0.3) is 0 Å². The number of ether oxygens (including phenoxy) is 1. The summed E-state index contributed by atoms with van der Waals surface area (Å²) in [6.07, 6.45) is 4.23. The minimum Gasteiger partial charge on any atom is -0.466 e. The fourth-order valence-electron chi connectivity index (χ4n) is 0.891. The van der Waals surface area contributed by atoms with Crippen molar-refractivity contribution >= 4 is 5.97 Å². The Balaban J connectivity index is 3.25. The van der Waals surface area contributed by atoms with Crippen molar-refractivity contribution < 1.29 is 9.53 Å². The lowest BCUT2D eigenvalue weighted by molar-refractivity contribution is -0.140. The van der Waals surface area contributed by atoms with Crippen LogP contribution in [0.25, 0.3) is 0 Å². The third kappa shape index (κ3) is 7.32. The van der Waals surface area contributed by atoms with Crippen molar-refractivity contribution in [1.29, 1.82) is 0 Å². The van der Waals surface area contributed by atoms with Crippen molar-refractivity contribution in [1.82, 2.24) is 0 Å². The molecule has 0 amide bonds.